The largest absolute Gasteiger partial charge is 0.369 e. The van der Waals surface area contributed by atoms with E-state index in [-0.39, 0.29) is 28.3 Å². The van der Waals surface area contributed by atoms with Crippen LogP contribution in [-0.4, -0.2) is 25.8 Å². The van der Waals surface area contributed by atoms with Gasteiger partial charge in [0.05, 0.1) is 16.5 Å². The van der Waals surface area contributed by atoms with E-state index in [2.05, 4.69) is 15.0 Å². The second-order valence-corrected chi connectivity index (χ2v) is 5.37. The molecular weight excluding hydrogens is 286 g/mol. The van der Waals surface area contributed by atoms with Crippen LogP contribution >= 0.6 is 11.6 Å². The zero-order chi connectivity index (χ0) is 15.1. The highest BCUT2D eigenvalue weighted by molar-refractivity contribution is 6.34. The average Bonchev–Trinajstić information content (AvgIpc) is 2.72. The van der Waals surface area contributed by atoms with E-state index in [1.165, 1.54) is 6.20 Å². The smallest absolute Gasteiger partial charge is 0.299 e. The van der Waals surface area contributed by atoms with Crippen molar-refractivity contribution < 1.29 is 9.72 Å². The molecule has 0 saturated heterocycles. The maximum atomic E-state index is 11.3. The van der Waals surface area contributed by atoms with E-state index in [1.54, 1.807) is 13.8 Å². The van der Waals surface area contributed by atoms with E-state index in [4.69, 9.17) is 17.3 Å². The number of halogens is 1. The summed E-state index contributed by atoms with van der Waals surface area (Å²) in [5, 5.41) is 11.0. The number of rotatable bonds is 4. The van der Waals surface area contributed by atoms with Gasteiger partial charge in [-0.05, 0) is 0 Å². The van der Waals surface area contributed by atoms with Gasteiger partial charge in [-0.2, -0.15) is 0 Å². The van der Waals surface area contributed by atoms with Crippen molar-refractivity contribution >= 4 is 34.2 Å². The van der Waals surface area contributed by atoms with E-state index < -0.39 is 16.2 Å². The van der Waals surface area contributed by atoms with Crippen LogP contribution in [-0.2, 0) is 11.2 Å². The number of carbonyl (C=O) groups is 1. The molecule has 0 aliphatic rings. The number of carbonyl (C=O) groups excluding carboxylic acids is 1. The fourth-order valence-corrected chi connectivity index (χ4v) is 2.01. The fraction of sp³-hybridized carbons (Fsp3) is 0.364. The second-order valence-electron chi connectivity index (χ2n) is 5.01. The molecule has 2 aromatic rings. The molecule has 8 nitrogen and oxygen atoms in total. The molecule has 0 radical (unpaired) electrons. The molecule has 0 atom stereocenters. The van der Waals surface area contributed by atoms with Crippen LogP contribution in [0.4, 0.5) is 5.69 Å². The molecule has 2 aromatic heterocycles. The SMILES string of the molecule is CC(C)(Cc1nc(Cl)c2c([N+](=O)[O-])c[nH]c2n1)C(N)=O. The van der Waals surface area contributed by atoms with Gasteiger partial charge in [0.15, 0.2) is 0 Å². The van der Waals surface area contributed by atoms with Crippen molar-refractivity contribution in [2.24, 2.45) is 11.1 Å². The highest BCUT2D eigenvalue weighted by Crippen LogP contribution is 2.30. The molecule has 0 saturated carbocycles. The van der Waals surface area contributed by atoms with Crippen LogP contribution in [0.3, 0.4) is 0 Å². The van der Waals surface area contributed by atoms with Gasteiger partial charge < -0.3 is 10.7 Å². The lowest BCUT2D eigenvalue weighted by atomic mass is 9.88. The first-order valence-electron chi connectivity index (χ1n) is 5.70. The van der Waals surface area contributed by atoms with E-state index >= 15 is 0 Å². The van der Waals surface area contributed by atoms with E-state index in [0.29, 0.717) is 5.82 Å². The van der Waals surface area contributed by atoms with Crippen molar-refractivity contribution in [2.45, 2.75) is 20.3 Å². The molecule has 3 N–H and O–H groups in total. The summed E-state index contributed by atoms with van der Waals surface area (Å²) in [5.41, 5.74) is 4.52. The zero-order valence-electron chi connectivity index (χ0n) is 10.8. The molecule has 1 amide bonds. The molecule has 0 bridgehead atoms. The number of hydrogen-bond acceptors (Lipinski definition) is 5. The predicted molar refractivity (Wildman–Crippen MR) is 72.2 cm³/mol. The fourth-order valence-electron chi connectivity index (χ4n) is 1.72. The van der Waals surface area contributed by atoms with Gasteiger partial charge in [-0.1, -0.05) is 25.4 Å². The lowest BCUT2D eigenvalue weighted by Gasteiger charge is -2.18. The summed E-state index contributed by atoms with van der Waals surface area (Å²) in [7, 11) is 0. The Balaban J connectivity index is 2.50. The quantitative estimate of drug-likeness (QED) is 0.503. The van der Waals surface area contributed by atoms with Crippen LogP contribution in [0.1, 0.15) is 19.7 Å². The number of aromatic nitrogens is 3. The summed E-state index contributed by atoms with van der Waals surface area (Å²) in [5.74, 6) is -0.196. The maximum Gasteiger partial charge on any atom is 0.299 e. The number of hydrogen-bond donors (Lipinski definition) is 2. The molecular formula is C11H12ClN5O3. The Morgan fingerprint density at radius 2 is 2.20 bits per heavy atom. The maximum absolute atomic E-state index is 11.3. The minimum atomic E-state index is -0.838. The third-order valence-electron chi connectivity index (χ3n) is 2.98. The number of nitrogens with one attached hydrogen (secondary N) is 1. The Labute approximate surface area is 118 Å². The van der Waals surface area contributed by atoms with Gasteiger partial charge in [-0.3, -0.25) is 14.9 Å². The van der Waals surface area contributed by atoms with Crippen molar-refractivity contribution in [3.63, 3.8) is 0 Å². The Hall–Kier alpha value is -2.22. The molecule has 2 heterocycles. The van der Waals surface area contributed by atoms with Crippen molar-refractivity contribution in [1.29, 1.82) is 0 Å². The van der Waals surface area contributed by atoms with Crippen LogP contribution in [0.25, 0.3) is 11.0 Å². The minimum Gasteiger partial charge on any atom is -0.369 e. The molecule has 0 aromatic carbocycles. The first-order chi connectivity index (χ1) is 9.22. The highest BCUT2D eigenvalue weighted by Gasteiger charge is 2.28. The number of primary amides is 1. The normalized spacial score (nSPS) is 11.8. The summed E-state index contributed by atoms with van der Waals surface area (Å²) in [6.07, 6.45) is 1.39. The second kappa shape index (κ2) is 4.71. The number of H-pyrrole nitrogens is 1. The Morgan fingerprint density at radius 3 is 2.75 bits per heavy atom. The standard InChI is InChI=1S/C11H12ClN5O3/c1-11(2,10(13)18)3-6-15-8(12)7-5(17(19)20)4-14-9(7)16-6/h4H,3H2,1-2H3,(H2,13,18)(H,14,15,16). The predicted octanol–water partition coefficient (Wildman–Crippen LogP) is 1.57. The van der Waals surface area contributed by atoms with Crippen LogP contribution in [0.15, 0.2) is 6.20 Å². The van der Waals surface area contributed by atoms with Gasteiger partial charge in [0.25, 0.3) is 5.69 Å². The molecule has 0 unspecified atom stereocenters. The van der Waals surface area contributed by atoms with Gasteiger partial charge in [-0.15, -0.1) is 0 Å². The number of amides is 1. The molecule has 106 valence electrons. The van der Waals surface area contributed by atoms with Gasteiger partial charge >= 0.3 is 0 Å². The molecule has 0 fully saturated rings. The van der Waals surface area contributed by atoms with Crippen LogP contribution in [0, 0.1) is 15.5 Å². The zero-order valence-corrected chi connectivity index (χ0v) is 11.6. The molecule has 0 aliphatic carbocycles. The molecule has 9 heteroatoms. The van der Waals surface area contributed by atoms with Gasteiger partial charge in [0, 0.05) is 6.42 Å². The lowest BCUT2D eigenvalue weighted by Crippen LogP contribution is -2.34. The number of nitrogens with zero attached hydrogens (tertiary/aromatic N) is 3. The molecule has 0 aliphatic heterocycles. The van der Waals surface area contributed by atoms with Crippen molar-refractivity contribution in [1.82, 2.24) is 15.0 Å². The first kappa shape index (κ1) is 14.2. The summed E-state index contributed by atoms with van der Waals surface area (Å²) < 4.78 is 0. The Morgan fingerprint density at radius 1 is 1.55 bits per heavy atom. The van der Waals surface area contributed by atoms with Gasteiger partial charge in [-0.25, -0.2) is 9.97 Å². The Bertz CT molecular complexity index is 709. The van der Waals surface area contributed by atoms with E-state index in [1.807, 2.05) is 0 Å². The van der Waals surface area contributed by atoms with Crippen molar-refractivity contribution in [2.75, 3.05) is 0 Å². The number of nitrogens with two attached hydrogens (primary N) is 1. The van der Waals surface area contributed by atoms with Gasteiger partial charge in [0.2, 0.25) is 5.91 Å². The number of nitro groups is 1. The summed E-state index contributed by atoms with van der Waals surface area (Å²) in [6, 6.07) is 0. The molecule has 2 rings (SSSR count). The summed E-state index contributed by atoms with van der Waals surface area (Å²) in [4.78, 5) is 32.4. The monoisotopic (exact) mass is 297 g/mol. The summed E-state index contributed by atoms with van der Waals surface area (Å²) >= 11 is 5.97. The van der Waals surface area contributed by atoms with Crippen molar-refractivity contribution in [3.8, 4) is 0 Å². The van der Waals surface area contributed by atoms with Crippen molar-refractivity contribution in [3.05, 3.63) is 27.3 Å². The van der Waals surface area contributed by atoms with E-state index in [0.717, 1.165) is 0 Å². The Kier molecular flexibility index (Phi) is 3.34. The van der Waals surface area contributed by atoms with E-state index in [9.17, 15) is 14.9 Å². The average molecular weight is 298 g/mol. The highest BCUT2D eigenvalue weighted by atomic mass is 35.5. The third-order valence-corrected chi connectivity index (χ3v) is 3.25. The topological polar surface area (TPSA) is 128 Å². The van der Waals surface area contributed by atoms with Crippen LogP contribution in [0.5, 0.6) is 0 Å². The lowest BCUT2D eigenvalue weighted by molar-refractivity contribution is -0.383. The molecule has 20 heavy (non-hydrogen) atoms. The third kappa shape index (κ3) is 2.42. The van der Waals surface area contributed by atoms with Crippen LogP contribution in [0.2, 0.25) is 5.15 Å². The number of fused-ring (bicyclic) bond motifs is 1. The first-order valence-corrected chi connectivity index (χ1v) is 6.08. The summed E-state index contributed by atoms with van der Waals surface area (Å²) in [6.45, 7) is 3.32. The van der Waals surface area contributed by atoms with Gasteiger partial charge in [0.1, 0.15) is 22.0 Å². The van der Waals surface area contributed by atoms with Crippen LogP contribution < -0.4 is 5.73 Å². The number of aromatic amines is 1. The minimum absolute atomic E-state index is 0.0294. The molecule has 0 spiro atoms.